The van der Waals surface area contributed by atoms with Crippen LogP contribution in [-0.2, 0) is 4.79 Å². The van der Waals surface area contributed by atoms with E-state index in [1.54, 1.807) is 4.68 Å². The summed E-state index contributed by atoms with van der Waals surface area (Å²) in [5.41, 5.74) is 3.64. The number of hydrogen-bond donors (Lipinski definition) is 1. The van der Waals surface area contributed by atoms with Gasteiger partial charge in [0, 0.05) is 12.1 Å². The van der Waals surface area contributed by atoms with Crippen LogP contribution in [0.25, 0.3) is 5.69 Å². The first kappa shape index (κ1) is 17.6. The molecule has 134 valence electrons. The van der Waals surface area contributed by atoms with Crippen LogP contribution in [0, 0.1) is 13.8 Å². The van der Waals surface area contributed by atoms with Gasteiger partial charge in [-0.05, 0) is 66.1 Å². The molecule has 0 unspecified atom stereocenters. The van der Waals surface area contributed by atoms with Crippen LogP contribution in [-0.4, -0.2) is 32.7 Å². The Morgan fingerprint density at radius 1 is 1.19 bits per heavy atom. The third-order valence-corrected chi connectivity index (χ3v) is 3.98. The molecule has 1 N–H and O–H groups in total. The molecule has 1 heterocycles. The summed E-state index contributed by atoms with van der Waals surface area (Å²) in [6.07, 6.45) is 2.56. The molecule has 0 bridgehead atoms. The SMILES string of the molecule is Cc1cccc(OCCCC(=O)Nc2cccc(-n3cnnn3)c2C)c1. The fraction of sp³-hybridized carbons (Fsp3) is 0.263. The van der Waals surface area contributed by atoms with Crippen molar-refractivity contribution < 1.29 is 9.53 Å². The number of ether oxygens (including phenoxy) is 1. The zero-order chi connectivity index (χ0) is 18.4. The molecule has 0 aliphatic carbocycles. The predicted molar refractivity (Wildman–Crippen MR) is 98.4 cm³/mol. The summed E-state index contributed by atoms with van der Waals surface area (Å²) in [6.45, 7) is 4.44. The van der Waals surface area contributed by atoms with Gasteiger partial charge in [-0.1, -0.05) is 18.2 Å². The fourth-order valence-corrected chi connectivity index (χ4v) is 2.62. The highest BCUT2D eigenvalue weighted by Crippen LogP contribution is 2.21. The number of amides is 1. The number of benzene rings is 2. The van der Waals surface area contributed by atoms with E-state index in [0.29, 0.717) is 19.4 Å². The molecule has 0 aliphatic rings. The van der Waals surface area contributed by atoms with Gasteiger partial charge in [0.1, 0.15) is 12.1 Å². The Balaban J connectivity index is 1.51. The summed E-state index contributed by atoms with van der Waals surface area (Å²) in [5.74, 6) is 0.783. The van der Waals surface area contributed by atoms with Crippen molar-refractivity contribution in [1.82, 2.24) is 20.2 Å². The Bertz CT molecular complexity index is 877. The molecule has 7 nitrogen and oxygen atoms in total. The summed E-state index contributed by atoms with van der Waals surface area (Å²) in [5, 5.41) is 14.1. The summed E-state index contributed by atoms with van der Waals surface area (Å²) < 4.78 is 7.24. The lowest BCUT2D eigenvalue weighted by molar-refractivity contribution is -0.116. The number of rotatable bonds is 7. The Kier molecular flexibility index (Phi) is 5.58. The number of carbonyl (C=O) groups is 1. The van der Waals surface area contributed by atoms with E-state index in [9.17, 15) is 4.79 Å². The number of nitrogens with zero attached hydrogens (tertiary/aromatic N) is 4. The highest BCUT2D eigenvalue weighted by atomic mass is 16.5. The predicted octanol–water partition coefficient (Wildman–Crippen LogP) is 3.08. The molecule has 26 heavy (non-hydrogen) atoms. The Morgan fingerprint density at radius 2 is 2.04 bits per heavy atom. The maximum Gasteiger partial charge on any atom is 0.224 e. The minimum atomic E-state index is -0.0465. The molecule has 0 saturated carbocycles. The van der Waals surface area contributed by atoms with Gasteiger partial charge in [-0.25, -0.2) is 4.68 Å². The van der Waals surface area contributed by atoms with Gasteiger partial charge in [-0.15, -0.1) is 5.10 Å². The molecule has 0 aliphatic heterocycles. The summed E-state index contributed by atoms with van der Waals surface area (Å²) in [4.78, 5) is 12.2. The first-order valence-electron chi connectivity index (χ1n) is 8.46. The smallest absolute Gasteiger partial charge is 0.224 e. The molecule has 1 aromatic heterocycles. The van der Waals surface area contributed by atoms with Gasteiger partial charge >= 0.3 is 0 Å². The first-order chi connectivity index (χ1) is 12.6. The molecule has 0 spiro atoms. The van der Waals surface area contributed by atoms with Gasteiger partial charge in [-0.3, -0.25) is 4.79 Å². The van der Waals surface area contributed by atoms with Gasteiger partial charge in [0.05, 0.1) is 12.3 Å². The molecule has 0 atom stereocenters. The van der Waals surface area contributed by atoms with Crippen LogP contribution >= 0.6 is 0 Å². The van der Waals surface area contributed by atoms with Crippen LogP contribution in [0.15, 0.2) is 48.8 Å². The van der Waals surface area contributed by atoms with Crippen LogP contribution in [0.5, 0.6) is 5.75 Å². The molecular weight excluding hydrogens is 330 g/mol. The maximum absolute atomic E-state index is 12.2. The largest absolute Gasteiger partial charge is 0.494 e. The van der Waals surface area contributed by atoms with E-state index in [0.717, 1.165) is 28.3 Å². The molecule has 2 aromatic carbocycles. The topological polar surface area (TPSA) is 81.9 Å². The Labute approximate surface area is 152 Å². The fourth-order valence-electron chi connectivity index (χ4n) is 2.62. The van der Waals surface area contributed by atoms with Crippen LogP contribution in [0.1, 0.15) is 24.0 Å². The van der Waals surface area contributed by atoms with E-state index < -0.39 is 0 Å². The second kappa shape index (κ2) is 8.24. The summed E-state index contributed by atoms with van der Waals surface area (Å²) in [7, 11) is 0. The third kappa shape index (κ3) is 4.44. The van der Waals surface area contributed by atoms with Crippen molar-refractivity contribution in [2.45, 2.75) is 26.7 Å². The number of anilines is 1. The zero-order valence-corrected chi connectivity index (χ0v) is 14.8. The summed E-state index contributed by atoms with van der Waals surface area (Å²) >= 11 is 0. The number of hydrogen-bond acceptors (Lipinski definition) is 5. The number of aryl methyl sites for hydroxylation is 1. The summed E-state index contributed by atoms with van der Waals surface area (Å²) in [6, 6.07) is 13.5. The minimum Gasteiger partial charge on any atom is -0.494 e. The van der Waals surface area contributed by atoms with Crippen LogP contribution in [0.4, 0.5) is 5.69 Å². The Hall–Kier alpha value is -3.22. The van der Waals surface area contributed by atoms with E-state index in [2.05, 4.69) is 20.8 Å². The van der Waals surface area contributed by atoms with Gasteiger partial charge in [0.2, 0.25) is 5.91 Å². The third-order valence-electron chi connectivity index (χ3n) is 3.98. The highest BCUT2D eigenvalue weighted by molar-refractivity contribution is 5.92. The van der Waals surface area contributed by atoms with Gasteiger partial charge < -0.3 is 10.1 Å². The molecule has 3 rings (SSSR count). The average Bonchev–Trinajstić information content (AvgIpc) is 3.15. The monoisotopic (exact) mass is 351 g/mol. The van der Waals surface area contributed by atoms with E-state index in [1.807, 2.05) is 56.3 Å². The van der Waals surface area contributed by atoms with E-state index >= 15 is 0 Å². The second-order valence-electron chi connectivity index (χ2n) is 6.02. The van der Waals surface area contributed by atoms with Crippen molar-refractivity contribution >= 4 is 11.6 Å². The number of aromatic nitrogens is 4. The lowest BCUT2D eigenvalue weighted by atomic mass is 10.1. The van der Waals surface area contributed by atoms with Gasteiger partial charge in [0.25, 0.3) is 0 Å². The van der Waals surface area contributed by atoms with Crippen molar-refractivity contribution in [3.05, 3.63) is 59.9 Å². The lowest BCUT2D eigenvalue weighted by Crippen LogP contribution is -2.14. The van der Waals surface area contributed by atoms with E-state index in [-0.39, 0.29) is 5.91 Å². The van der Waals surface area contributed by atoms with Crippen molar-refractivity contribution in [3.8, 4) is 11.4 Å². The highest BCUT2D eigenvalue weighted by Gasteiger charge is 2.09. The number of carbonyl (C=O) groups excluding carboxylic acids is 1. The standard InChI is InChI=1S/C19H21N5O2/c1-14-6-3-7-16(12-14)26-11-5-10-19(25)21-17-8-4-9-18(15(17)2)24-13-20-22-23-24/h3-4,6-9,12-13H,5,10-11H2,1-2H3,(H,21,25). The lowest BCUT2D eigenvalue weighted by Gasteiger charge is -2.12. The maximum atomic E-state index is 12.2. The molecule has 0 radical (unpaired) electrons. The second-order valence-corrected chi connectivity index (χ2v) is 6.02. The molecule has 1 amide bonds. The quantitative estimate of drug-likeness (QED) is 0.662. The number of nitrogens with one attached hydrogen (secondary N) is 1. The van der Waals surface area contributed by atoms with E-state index in [1.165, 1.54) is 6.33 Å². The first-order valence-corrected chi connectivity index (χ1v) is 8.46. The number of tetrazole rings is 1. The van der Waals surface area contributed by atoms with Crippen molar-refractivity contribution in [3.63, 3.8) is 0 Å². The molecule has 3 aromatic rings. The van der Waals surface area contributed by atoms with E-state index in [4.69, 9.17) is 4.74 Å². The molecule has 7 heteroatoms. The molecular formula is C19H21N5O2. The van der Waals surface area contributed by atoms with Crippen LogP contribution in [0.2, 0.25) is 0 Å². The van der Waals surface area contributed by atoms with Crippen molar-refractivity contribution in [2.24, 2.45) is 0 Å². The minimum absolute atomic E-state index is 0.0465. The Morgan fingerprint density at radius 3 is 2.81 bits per heavy atom. The van der Waals surface area contributed by atoms with Crippen molar-refractivity contribution in [1.29, 1.82) is 0 Å². The van der Waals surface area contributed by atoms with Gasteiger partial charge in [0.15, 0.2) is 0 Å². The molecule has 0 saturated heterocycles. The molecule has 0 fully saturated rings. The average molecular weight is 351 g/mol. The van der Waals surface area contributed by atoms with Gasteiger partial charge in [-0.2, -0.15) is 0 Å². The van der Waals surface area contributed by atoms with Crippen LogP contribution in [0.3, 0.4) is 0 Å². The van der Waals surface area contributed by atoms with Crippen LogP contribution < -0.4 is 10.1 Å². The zero-order valence-electron chi connectivity index (χ0n) is 14.8. The van der Waals surface area contributed by atoms with Crippen molar-refractivity contribution in [2.75, 3.05) is 11.9 Å². The normalized spacial score (nSPS) is 10.5.